The third-order valence-corrected chi connectivity index (χ3v) is 4.71. The van der Waals surface area contributed by atoms with E-state index in [1.54, 1.807) is 12.3 Å². The van der Waals surface area contributed by atoms with Crippen molar-refractivity contribution in [1.29, 1.82) is 0 Å². The molecule has 27 heavy (non-hydrogen) atoms. The molecule has 0 saturated heterocycles. The lowest BCUT2D eigenvalue weighted by molar-refractivity contribution is -0.385. The molecule has 0 spiro atoms. The average molecular weight is 404 g/mol. The molecule has 2 heterocycles. The second-order valence-electron chi connectivity index (χ2n) is 5.79. The van der Waals surface area contributed by atoms with E-state index in [9.17, 15) is 10.1 Å². The number of benzene rings is 1. The van der Waals surface area contributed by atoms with Gasteiger partial charge in [-0.3, -0.25) is 15.5 Å². The Balaban J connectivity index is 1.80. The molecule has 1 aromatic carbocycles. The molecule has 0 aliphatic rings. The van der Waals surface area contributed by atoms with E-state index in [4.69, 9.17) is 23.2 Å². The van der Waals surface area contributed by atoms with Gasteiger partial charge in [-0.25, -0.2) is 4.98 Å². The fraction of sp³-hybridized carbons (Fsp3) is 0.111. The van der Waals surface area contributed by atoms with Crippen molar-refractivity contribution in [3.05, 3.63) is 79.7 Å². The number of halogens is 2. The van der Waals surface area contributed by atoms with Gasteiger partial charge in [0.05, 0.1) is 21.2 Å². The largest absolute Gasteiger partial charge is 0.318 e. The Morgan fingerprint density at radius 3 is 2.59 bits per heavy atom. The van der Waals surface area contributed by atoms with Gasteiger partial charge in [0.1, 0.15) is 12.0 Å². The first-order chi connectivity index (χ1) is 12.9. The Hall–Kier alpha value is -2.90. The van der Waals surface area contributed by atoms with Crippen molar-refractivity contribution in [2.24, 2.45) is 5.10 Å². The number of hydrogen-bond acceptors (Lipinski definition) is 5. The van der Waals surface area contributed by atoms with Crippen LogP contribution in [0.15, 0.2) is 47.7 Å². The van der Waals surface area contributed by atoms with Crippen molar-refractivity contribution >= 4 is 40.9 Å². The summed E-state index contributed by atoms with van der Waals surface area (Å²) in [5.74, 6) is 0.412. The highest BCUT2D eigenvalue weighted by atomic mass is 35.5. The van der Waals surface area contributed by atoms with Crippen LogP contribution in [0.3, 0.4) is 0 Å². The minimum absolute atomic E-state index is 0.0744. The number of anilines is 1. The minimum Gasteiger partial charge on any atom is -0.318 e. The standard InChI is InChI=1S/C18H15Cl2N5O2/c1-11-7-13(9-22-23-18-6-4-15(10-21-18)25(26)27)12(2)24(11)14-3-5-16(19)17(20)8-14/h3-10H,1-2H3,(H,21,23)/b22-9+. The van der Waals surface area contributed by atoms with Crippen molar-refractivity contribution < 1.29 is 4.92 Å². The Kier molecular flexibility index (Phi) is 5.43. The van der Waals surface area contributed by atoms with E-state index in [-0.39, 0.29) is 5.69 Å². The van der Waals surface area contributed by atoms with E-state index >= 15 is 0 Å². The van der Waals surface area contributed by atoms with E-state index in [0.29, 0.717) is 15.9 Å². The Bertz CT molecular complexity index is 1030. The summed E-state index contributed by atoms with van der Waals surface area (Å²) in [7, 11) is 0. The molecule has 0 radical (unpaired) electrons. The van der Waals surface area contributed by atoms with Crippen molar-refractivity contribution in [2.75, 3.05) is 5.43 Å². The smallest absolute Gasteiger partial charge is 0.287 e. The predicted octanol–water partition coefficient (Wildman–Crippen LogP) is 5.15. The van der Waals surface area contributed by atoms with Gasteiger partial charge in [-0.15, -0.1) is 0 Å². The second kappa shape index (κ2) is 7.77. The predicted molar refractivity (Wildman–Crippen MR) is 107 cm³/mol. The topological polar surface area (TPSA) is 85.3 Å². The van der Waals surface area contributed by atoms with E-state index in [0.717, 1.165) is 22.6 Å². The summed E-state index contributed by atoms with van der Waals surface area (Å²) in [6.45, 7) is 3.96. The number of nitrogens with zero attached hydrogens (tertiary/aromatic N) is 4. The van der Waals surface area contributed by atoms with E-state index in [2.05, 4.69) is 15.5 Å². The van der Waals surface area contributed by atoms with E-state index < -0.39 is 4.92 Å². The highest BCUT2D eigenvalue weighted by molar-refractivity contribution is 6.42. The molecule has 138 valence electrons. The van der Waals surface area contributed by atoms with Gasteiger partial charge < -0.3 is 4.57 Å². The number of aromatic nitrogens is 2. The molecule has 0 bridgehead atoms. The van der Waals surface area contributed by atoms with Gasteiger partial charge in [0.2, 0.25) is 0 Å². The lowest BCUT2D eigenvalue weighted by Gasteiger charge is -2.10. The lowest BCUT2D eigenvalue weighted by Crippen LogP contribution is -2.00. The number of hydrogen-bond donors (Lipinski definition) is 1. The minimum atomic E-state index is -0.502. The molecule has 0 atom stereocenters. The van der Waals surface area contributed by atoms with Gasteiger partial charge in [-0.2, -0.15) is 5.10 Å². The number of nitro groups is 1. The molecule has 3 aromatic rings. The first-order valence-electron chi connectivity index (χ1n) is 7.90. The van der Waals surface area contributed by atoms with Gasteiger partial charge in [0.25, 0.3) is 5.69 Å². The van der Waals surface area contributed by atoms with Crippen LogP contribution in [0.5, 0.6) is 0 Å². The van der Waals surface area contributed by atoms with Gasteiger partial charge in [0, 0.05) is 28.7 Å². The maximum absolute atomic E-state index is 10.6. The summed E-state index contributed by atoms with van der Waals surface area (Å²) in [5.41, 5.74) is 6.50. The zero-order valence-electron chi connectivity index (χ0n) is 14.5. The zero-order valence-corrected chi connectivity index (χ0v) is 16.0. The molecule has 0 saturated carbocycles. The van der Waals surface area contributed by atoms with Crippen molar-refractivity contribution in [1.82, 2.24) is 9.55 Å². The maximum Gasteiger partial charge on any atom is 0.287 e. The molecule has 0 fully saturated rings. The summed E-state index contributed by atoms with van der Waals surface area (Å²) >= 11 is 12.1. The van der Waals surface area contributed by atoms with Crippen LogP contribution >= 0.6 is 23.2 Å². The summed E-state index contributed by atoms with van der Waals surface area (Å²) in [4.78, 5) is 14.1. The molecular formula is C18H15Cl2N5O2. The fourth-order valence-corrected chi connectivity index (χ4v) is 2.96. The van der Waals surface area contributed by atoms with Crippen LogP contribution < -0.4 is 5.43 Å². The third-order valence-electron chi connectivity index (χ3n) is 3.97. The average Bonchev–Trinajstić information content (AvgIpc) is 2.92. The molecule has 0 unspecified atom stereocenters. The van der Waals surface area contributed by atoms with Gasteiger partial charge >= 0.3 is 0 Å². The Morgan fingerprint density at radius 1 is 1.19 bits per heavy atom. The van der Waals surface area contributed by atoms with Crippen LogP contribution in [-0.2, 0) is 0 Å². The second-order valence-corrected chi connectivity index (χ2v) is 6.60. The van der Waals surface area contributed by atoms with Gasteiger partial charge in [-0.1, -0.05) is 23.2 Å². The normalized spacial score (nSPS) is 11.1. The first-order valence-corrected chi connectivity index (χ1v) is 8.66. The molecule has 9 heteroatoms. The van der Waals surface area contributed by atoms with Crippen LogP contribution in [0.1, 0.15) is 17.0 Å². The van der Waals surface area contributed by atoms with Gasteiger partial charge in [0.15, 0.2) is 0 Å². The van der Waals surface area contributed by atoms with Crippen LogP contribution in [0.2, 0.25) is 10.0 Å². The molecule has 7 nitrogen and oxygen atoms in total. The SMILES string of the molecule is Cc1cc(/C=N/Nc2ccc([N+](=O)[O-])cn2)c(C)n1-c1ccc(Cl)c(Cl)c1. The summed E-state index contributed by atoms with van der Waals surface area (Å²) in [5, 5.41) is 15.8. The van der Waals surface area contributed by atoms with Crippen molar-refractivity contribution in [3.8, 4) is 5.69 Å². The summed E-state index contributed by atoms with van der Waals surface area (Å²) in [6, 6.07) is 10.3. The number of hydrazone groups is 1. The Labute approximate surface area is 165 Å². The molecule has 3 rings (SSSR count). The molecule has 2 aromatic heterocycles. The van der Waals surface area contributed by atoms with Crippen LogP contribution in [0.4, 0.5) is 11.5 Å². The van der Waals surface area contributed by atoms with E-state index in [1.165, 1.54) is 18.3 Å². The number of nitrogens with one attached hydrogen (secondary N) is 1. The number of rotatable bonds is 5. The highest BCUT2D eigenvalue weighted by Gasteiger charge is 2.11. The Morgan fingerprint density at radius 2 is 1.96 bits per heavy atom. The molecule has 0 aliphatic carbocycles. The highest BCUT2D eigenvalue weighted by Crippen LogP contribution is 2.27. The first kappa shape index (κ1) is 18.9. The van der Waals surface area contributed by atoms with Gasteiger partial charge in [-0.05, 0) is 44.2 Å². The van der Waals surface area contributed by atoms with Crippen LogP contribution in [-0.4, -0.2) is 20.7 Å². The monoisotopic (exact) mass is 403 g/mol. The van der Waals surface area contributed by atoms with E-state index in [1.807, 2.05) is 36.6 Å². The lowest BCUT2D eigenvalue weighted by atomic mass is 10.2. The molecule has 0 aliphatic heterocycles. The molecule has 0 amide bonds. The third kappa shape index (κ3) is 4.10. The van der Waals surface area contributed by atoms with Crippen molar-refractivity contribution in [2.45, 2.75) is 13.8 Å². The molecular weight excluding hydrogens is 389 g/mol. The van der Waals surface area contributed by atoms with Crippen molar-refractivity contribution in [3.63, 3.8) is 0 Å². The summed E-state index contributed by atoms with van der Waals surface area (Å²) < 4.78 is 2.05. The number of pyridine rings is 1. The maximum atomic E-state index is 10.6. The zero-order chi connectivity index (χ0) is 19.6. The number of aryl methyl sites for hydroxylation is 1. The van der Waals surface area contributed by atoms with Crippen LogP contribution in [0.25, 0.3) is 5.69 Å². The summed E-state index contributed by atoms with van der Waals surface area (Å²) in [6.07, 6.45) is 2.84. The fourth-order valence-electron chi connectivity index (χ4n) is 2.67. The van der Waals surface area contributed by atoms with Crippen LogP contribution in [0, 0.1) is 24.0 Å². The molecule has 1 N–H and O–H groups in total. The quantitative estimate of drug-likeness (QED) is 0.362.